The third-order valence-electron chi connectivity index (χ3n) is 6.09. The molecule has 15 nitrogen and oxygen atoms in total. The van der Waals surface area contributed by atoms with E-state index in [2.05, 4.69) is 16.0 Å². The summed E-state index contributed by atoms with van der Waals surface area (Å²) in [4.78, 5) is 36.1. The van der Waals surface area contributed by atoms with Crippen LogP contribution in [-0.4, -0.2) is 90.1 Å². The highest BCUT2D eigenvalue weighted by Gasteiger charge is 2.43. The summed E-state index contributed by atoms with van der Waals surface area (Å²) in [6, 6.07) is 4.50. The maximum Gasteiger partial charge on any atom is 0.407 e. The van der Waals surface area contributed by atoms with Crippen LogP contribution in [0.4, 0.5) is 4.79 Å². The summed E-state index contributed by atoms with van der Waals surface area (Å²) in [5.74, 6) is -2.07. The van der Waals surface area contributed by atoms with Crippen LogP contribution in [0, 0.1) is 11.3 Å². The number of fused-ring (bicyclic) bond motifs is 1. The maximum absolute atomic E-state index is 12.4. The summed E-state index contributed by atoms with van der Waals surface area (Å²) >= 11 is 0. The summed E-state index contributed by atoms with van der Waals surface area (Å²) < 4.78 is 21.3. The molecule has 0 fully saturated rings. The fraction of sp³-hybridized carbons (Fsp3) is 0.440. The first-order valence-electron chi connectivity index (χ1n) is 12.4. The molecule has 2 aliphatic heterocycles. The molecule has 0 aromatic heterocycles. The van der Waals surface area contributed by atoms with E-state index >= 15 is 0 Å². The quantitative estimate of drug-likeness (QED) is 0.0678. The number of nitrogens with two attached hydrogens (primary N) is 1. The Morgan fingerprint density at radius 3 is 2.65 bits per heavy atom. The van der Waals surface area contributed by atoms with E-state index in [0.29, 0.717) is 17.9 Å². The van der Waals surface area contributed by atoms with Crippen molar-refractivity contribution in [2.75, 3.05) is 26.5 Å². The number of carboxylic acids is 1. The number of carbonyl (C=O) groups excluding carboxylic acids is 2. The van der Waals surface area contributed by atoms with Crippen LogP contribution in [0.1, 0.15) is 18.9 Å². The lowest BCUT2D eigenvalue weighted by Crippen LogP contribution is -2.56. The SMILES string of the molecule is C[C@H]1[C@H]([C@H](OC(=O)NCCCNC(=O)/C=C/c2ccc3c(c2)OCO3)[C@H](O)CO)OC(C(=O)O)=C[C@@H]1NC(=N)N. The summed E-state index contributed by atoms with van der Waals surface area (Å²) in [6.45, 7) is 1.31. The molecule has 1 aromatic rings. The Bertz CT molecular complexity index is 1160. The van der Waals surface area contributed by atoms with Crippen molar-refractivity contribution in [1.82, 2.24) is 16.0 Å². The second-order valence-corrected chi connectivity index (χ2v) is 9.00. The van der Waals surface area contributed by atoms with Crippen molar-refractivity contribution in [2.24, 2.45) is 11.7 Å². The number of carbonyl (C=O) groups is 3. The van der Waals surface area contributed by atoms with Crippen LogP contribution in [0.5, 0.6) is 11.5 Å². The number of hydrogen-bond donors (Lipinski definition) is 8. The Labute approximate surface area is 229 Å². The summed E-state index contributed by atoms with van der Waals surface area (Å²) in [7, 11) is 0. The third-order valence-corrected chi connectivity index (χ3v) is 6.09. The molecule has 0 saturated heterocycles. The van der Waals surface area contributed by atoms with Crippen molar-refractivity contribution in [2.45, 2.75) is 37.7 Å². The number of aliphatic hydroxyl groups is 2. The highest BCUT2D eigenvalue weighted by Crippen LogP contribution is 2.33. The van der Waals surface area contributed by atoms with Gasteiger partial charge in [-0.3, -0.25) is 10.2 Å². The van der Waals surface area contributed by atoms with Crippen LogP contribution in [0.15, 0.2) is 36.1 Å². The predicted octanol–water partition coefficient (Wildman–Crippen LogP) is -0.762. The van der Waals surface area contributed by atoms with Crippen molar-refractivity contribution < 1.29 is 48.7 Å². The van der Waals surface area contributed by atoms with Crippen molar-refractivity contribution in [3.63, 3.8) is 0 Å². The van der Waals surface area contributed by atoms with Gasteiger partial charge < -0.3 is 56.0 Å². The highest BCUT2D eigenvalue weighted by atomic mass is 16.7. The molecule has 0 spiro atoms. The molecular formula is C25H33N5O10. The minimum atomic E-state index is -1.60. The molecule has 40 heavy (non-hydrogen) atoms. The first-order chi connectivity index (χ1) is 19.1. The second-order valence-electron chi connectivity index (χ2n) is 9.00. The molecule has 218 valence electrons. The zero-order chi connectivity index (χ0) is 29.2. The Hall–Kier alpha value is -4.50. The average Bonchev–Trinajstić information content (AvgIpc) is 3.39. The number of ether oxygens (including phenoxy) is 4. The number of nitrogens with one attached hydrogen (secondary N) is 4. The molecule has 2 aliphatic rings. The minimum absolute atomic E-state index is 0.100. The van der Waals surface area contributed by atoms with Gasteiger partial charge in [-0.15, -0.1) is 0 Å². The Morgan fingerprint density at radius 1 is 1.23 bits per heavy atom. The molecule has 2 amide bonds. The van der Waals surface area contributed by atoms with Crippen LogP contribution >= 0.6 is 0 Å². The minimum Gasteiger partial charge on any atom is -0.479 e. The van der Waals surface area contributed by atoms with Gasteiger partial charge >= 0.3 is 12.1 Å². The summed E-state index contributed by atoms with van der Waals surface area (Å²) in [5, 5.41) is 44.4. The lowest BCUT2D eigenvalue weighted by atomic mass is 9.87. The number of guanidine groups is 1. The molecule has 0 saturated carbocycles. The third kappa shape index (κ3) is 8.25. The maximum atomic E-state index is 12.4. The molecule has 1 aromatic carbocycles. The molecule has 0 unspecified atom stereocenters. The molecule has 3 rings (SSSR count). The van der Waals surface area contributed by atoms with Gasteiger partial charge in [-0.05, 0) is 36.3 Å². The zero-order valence-corrected chi connectivity index (χ0v) is 21.7. The van der Waals surface area contributed by atoms with Gasteiger partial charge in [0.2, 0.25) is 18.5 Å². The fourth-order valence-corrected chi connectivity index (χ4v) is 4.02. The number of benzene rings is 1. The molecular weight excluding hydrogens is 530 g/mol. The molecule has 0 aliphatic carbocycles. The van der Waals surface area contributed by atoms with Crippen LogP contribution in [0.25, 0.3) is 6.08 Å². The van der Waals surface area contributed by atoms with Gasteiger partial charge in [-0.25, -0.2) is 9.59 Å². The number of rotatable bonds is 12. The second kappa shape index (κ2) is 14.0. The van der Waals surface area contributed by atoms with Crippen molar-refractivity contribution in [3.8, 4) is 11.5 Å². The smallest absolute Gasteiger partial charge is 0.407 e. The lowest BCUT2D eigenvalue weighted by molar-refractivity contribution is -0.147. The van der Waals surface area contributed by atoms with Gasteiger partial charge in [0.05, 0.1) is 12.6 Å². The van der Waals surface area contributed by atoms with E-state index in [9.17, 15) is 29.7 Å². The Balaban J connectivity index is 1.47. The largest absolute Gasteiger partial charge is 0.479 e. The lowest BCUT2D eigenvalue weighted by Gasteiger charge is -2.39. The van der Waals surface area contributed by atoms with E-state index in [1.165, 1.54) is 12.2 Å². The van der Waals surface area contributed by atoms with Gasteiger partial charge in [0.15, 0.2) is 23.6 Å². The normalized spacial score (nSPS) is 21.0. The number of alkyl carbamates (subject to hydrolysis) is 1. The monoisotopic (exact) mass is 563 g/mol. The van der Waals surface area contributed by atoms with Crippen LogP contribution < -0.4 is 31.2 Å². The summed E-state index contributed by atoms with van der Waals surface area (Å²) in [6.07, 6.45) is -0.665. The Morgan fingerprint density at radius 2 is 1.95 bits per heavy atom. The van der Waals surface area contributed by atoms with E-state index in [4.69, 9.17) is 30.1 Å². The first kappa shape index (κ1) is 30.0. The van der Waals surface area contributed by atoms with E-state index in [0.717, 1.165) is 5.56 Å². The number of aliphatic hydroxyl groups excluding tert-OH is 2. The number of hydrogen-bond acceptors (Lipinski definition) is 10. The van der Waals surface area contributed by atoms with Crippen molar-refractivity contribution in [1.29, 1.82) is 5.41 Å². The van der Waals surface area contributed by atoms with Gasteiger partial charge in [0.25, 0.3) is 0 Å². The van der Waals surface area contributed by atoms with Crippen molar-refractivity contribution >= 4 is 30.0 Å². The van der Waals surface area contributed by atoms with Gasteiger partial charge in [-0.2, -0.15) is 0 Å². The van der Waals surface area contributed by atoms with Crippen LogP contribution in [-0.2, 0) is 19.1 Å². The van der Waals surface area contributed by atoms with Crippen molar-refractivity contribution in [3.05, 3.63) is 41.7 Å². The van der Waals surface area contributed by atoms with Crippen LogP contribution in [0.3, 0.4) is 0 Å². The highest BCUT2D eigenvalue weighted by molar-refractivity contribution is 5.91. The average molecular weight is 564 g/mol. The molecule has 5 atom stereocenters. The fourth-order valence-electron chi connectivity index (χ4n) is 4.02. The Kier molecular flexibility index (Phi) is 10.6. The zero-order valence-electron chi connectivity index (χ0n) is 21.7. The molecule has 15 heteroatoms. The first-order valence-corrected chi connectivity index (χ1v) is 12.4. The standard InChI is InChI=1S/C25H33N5O10/c1-13-15(30-24(26)27)10-19(23(34)35)39-21(13)22(16(32)11-31)40-25(36)29-8-2-7-28-20(33)6-4-14-3-5-17-18(9-14)38-12-37-17/h3-6,9-10,13,15-16,21-22,31-32H,2,7-8,11-12H2,1H3,(H,28,33)(H,29,36)(H,34,35)(H4,26,27,30)/b6-4+/t13-,15+,16-,21-,22-/m1/s1. The van der Waals surface area contributed by atoms with Crippen LogP contribution in [0.2, 0.25) is 0 Å². The van der Waals surface area contributed by atoms with Gasteiger partial charge in [0, 0.05) is 25.1 Å². The van der Waals surface area contributed by atoms with Gasteiger partial charge in [0.1, 0.15) is 12.2 Å². The molecule has 2 heterocycles. The molecule has 0 bridgehead atoms. The number of carboxylic acid groups (broad SMARTS) is 1. The van der Waals surface area contributed by atoms with Gasteiger partial charge in [-0.1, -0.05) is 13.0 Å². The van der Waals surface area contributed by atoms with E-state index in [1.807, 2.05) is 0 Å². The topological polar surface area (TPSA) is 235 Å². The molecule has 9 N–H and O–H groups in total. The van der Waals surface area contributed by atoms with E-state index in [-0.39, 0.29) is 25.8 Å². The van der Waals surface area contributed by atoms with E-state index < -0.39 is 60.7 Å². The van der Waals surface area contributed by atoms with E-state index in [1.54, 1.807) is 31.2 Å². The predicted molar refractivity (Wildman–Crippen MR) is 139 cm³/mol. The summed E-state index contributed by atoms with van der Waals surface area (Å²) in [5.41, 5.74) is 6.14. The molecule has 0 radical (unpaired) electrons. The number of amides is 2. The number of aliphatic carboxylic acids is 1.